The molecule has 0 aliphatic heterocycles. The van der Waals surface area contributed by atoms with Crippen LogP contribution in [0.2, 0.25) is 0 Å². The average Bonchev–Trinajstić information content (AvgIpc) is 2.41. The molecule has 5 nitrogen and oxygen atoms in total. The first-order chi connectivity index (χ1) is 9.44. The molecule has 0 radical (unpaired) electrons. The minimum atomic E-state index is -3.64. The van der Waals surface area contributed by atoms with Crippen LogP contribution in [0.1, 0.15) is 16.8 Å². The maximum absolute atomic E-state index is 12.5. The van der Waals surface area contributed by atoms with Gasteiger partial charge in [-0.25, -0.2) is 8.42 Å². The molecule has 1 aromatic carbocycles. The van der Waals surface area contributed by atoms with E-state index in [9.17, 15) is 8.42 Å². The maximum atomic E-state index is 12.5. The summed E-state index contributed by atoms with van der Waals surface area (Å²) >= 11 is 0. The van der Waals surface area contributed by atoms with E-state index in [0.717, 1.165) is 5.56 Å². The van der Waals surface area contributed by atoms with Crippen molar-refractivity contribution in [2.75, 3.05) is 4.72 Å². The molecule has 0 atom stereocenters. The molecule has 3 N–H and O–H groups in total. The lowest BCUT2D eigenvalue weighted by Gasteiger charge is -2.12. The van der Waals surface area contributed by atoms with E-state index in [2.05, 4.69) is 9.71 Å². The highest BCUT2D eigenvalue weighted by molar-refractivity contribution is 7.92. The van der Waals surface area contributed by atoms with E-state index in [0.29, 0.717) is 23.5 Å². The molecule has 0 bridgehead atoms. The van der Waals surface area contributed by atoms with Crippen molar-refractivity contribution in [3.63, 3.8) is 0 Å². The smallest absolute Gasteiger partial charge is 0.262 e. The zero-order valence-electron chi connectivity index (χ0n) is 11.4. The molecule has 0 amide bonds. The first-order valence-electron chi connectivity index (χ1n) is 6.18. The van der Waals surface area contributed by atoms with Crippen molar-refractivity contribution in [2.24, 2.45) is 5.73 Å². The highest BCUT2D eigenvalue weighted by Crippen LogP contribution is 2.21. The zero-order valence-corrected chi connectivity index (χ0v) is 12.2. The monoisotopic (exact) mass is 291 g/mol. The summed E-state index contributed by atoms with van der Waals surface area (Å²) in [6, 6.07) is 8.55. The first-order valence-corrected chi connectivity index (χ1v) is 7.66. The highest BCUT2D eigenvalue weighted by Gasteiger charge is 2.18. The minimum Gasteiger partial charge on any atom is -0.326 e. The summed E-state index contributed by atoms with van der Waals surface area (Å²) in [6.45, 7) is 3.81. The van der Waals surface area contributed by atoms with Gasteiger partial charge in [0.15, 0.2) is 0 Å². The molecule has 0 unspecified atom stereocenters. The van der Waals surface area contributed by atoms with Crippen LogP contribution in [0.3, 0.4) is 0 Å². The van der Waals surface area contributed by atoms with Crippen LogP contribution >= 0.6 is 0 Å². The number of hydrogen-bond acceptors (Lipinski definition) is 4. The van der Waals surface area contributed by atoms with Gasteiger partial charge in [0.1, 0.15) is 0 Å². The highest BCUT2D eigenvalue weighted by atomic mass is 32.2. The van der Waals surface area contributed by atoms with Crippen molar-refractivity contribution < 1.29 is 8.42 Å². The van der Waals surface area contributed by atoms with E-state index in [1.54, 1.807) is 44.3 Å². The number of nitrogens with two attached hydrogens (primary N) is 1. The second-order valence-electron chi connectivity index (χ2n) is 4.55. The van der Waals surface area contributed by atoms with Gasteiger partial charge in [-0.1, -0.05) is 12.1 Å². The van der Waals surface area contributed by atoms with E-state index in [1.165, 1.54) is 0 Å². The second-order valence-corrected chi connectivity index (χ2v) is 6.20. The van der Waals surface area contributed by atoms with Gasteiger partial charge in [-0.05, 0) is 43.2 Å². The third kappa shape index (κ3) is 2.97. The van der Waals surface area contributed by atoms with Crippen molar-refractivity contribution in [3.05, 3.63) is 53.3 Å². The fraction of sp³-hybridized carbons (Fsp3) is 0.214. The molecule has 0 aliphatic carbocycles. The lowest BCUT2D eigenvalue weighted by atomic mass is 10.1. The molecule has 0 spiro atoms. The third-order valence-corrected chi connectivity index (χ3v) is 4.54. The van der Waals surface area contributed by atoms with E-state index in [4.69, 9.17) is 5.73 Å². The van der Waals surface area contributed by atoms with E-state index in [-0.39, 0.29) is 4.90 Å². The second kappa shape index (κ2) is 5.60. The normalized spacial score (nSPS) is 11.3. The van der Waals surface area contributed by atoms with Crippen LogP contribution in [0.15, 0.2) is 41.4 Å². The fourth-order valence-electron chi connectivity index (χ4n) is 1.85. The average molecular weight is 291 g/mol. The van der Waals surface area contributed by atoms with Crippen LogP contribution < -0.4 is 10.5 Å². The lowest BCUT2D eigenvalue weighted by Crippen LogP contribution is -2.16. The molecule has 20 heavy (non-hydrogen) atoms. The summed E-state index contributed by atoms with van der Waals surface area (Å²) in [5.74, 6) is 0. The quantitative estimate of drug-likeness (QED) is 0.901. The molecule has 2 rings (SSSR count). The summed E-state index contributed by atoms with van der Waals surface area (Å²) in [6.07, 6.45) is 1.62. The van der Waals surface area contributed by atoms with Gasteiger partial charge in [0.25, 0.3) is 10.0 Å². The molecule has 1 heterocycles. The Hall–Kier alpha value is -1.92. The standard InChI is InChI=1S/C14H17N3O2S/c1-10-5-6-12(9-15)8-14(10)20(18,19)17-13-4-3-7-16-11(13)2/h3-8,17H,9,15H2,1-2H3. The molecule has 0 aliphatic rings. The zero-order chi connectivity index (χ0) is 14.8. The Bertz CT molecular complexity index is 727. The van der Waals surface area contributed by atoms with Gasteiger partial charge in [-0.2, -0.15) is 0 Å². The summed E-state index contributed by atoms with van der Waals surface area (Å²) < 4.78 is 27.5. The number of sulfonamides is 1. The summed E-state index contributed by atoms with van der Waals surface area (Å²) in [5.41, 5.74) is 8.12. The van der Waals surface area contributed by atoms with Gasteiger partial charge < -0.3 is 5.73 Å². The largest absolute Gasteiger partial charge is 0.326 e. The molecule has 1 aromatic heterocycles. The van der Waals surface area contributed by atoms with Gasteiger partial charge >= 0.3 is 0 Å². The van der Waals surface area contributed by atoms with Gasteiger partial charge in [-0.15, -0.1) is 0 Å². The van der Waals surface area contributed by atoms with E-state index < -0.39 is 10.0 Å². The van der Waals surface area contributed by atoms with Gasteiger partial charge in [0.05, 0.1) is 16.3 Å². The minimum absolute atomic E-state index is 0.240. The lowest BCUT2D eigenvalue weighted by molar-refractivity contribution is 0.600. The Morgan fingerprint density at radius 2 is 2.00 bits per heavy atom. The molecule has 0 saturated heterocycles. The number of aromatic nitrogens is 1. The van der Waals surface area contributed by atoms with Gasteiger partial charge in [0.2, 0.25) is 0 Å². The predicted molar refractivity (Wildman–Crippen MR) is 78.9 cm³/mol. The van der Waals surface area contributed by atoms with Crippen LogP contribution in [0, 0.1) is 13.8 Å². The molecule has 2 aromatic rings. The molecule has 6 heteroatoms. The number of nitrogens with zero attached hydrogens (tertiary/aromatic N) is 1. The maximum Gasteiger partial charge on any atom is 0.262 e. The van der Waals surface area contributed by atoms with Crippen LogP contribution in [0.5, 0.6) is 0 Å². The first kappa shape index (κ1) is 14.5. The van der Waals surface area contributed by atoms with Gasteiger partial charge in [-0.3, -0.25) is 9.71 Å². The Kier molecular flexibility index (Phi) is 4.06. The van der Waals surface area contributed by atoms with Crippen molar-refractivity contribution in [2.45, 2.75) is 25.3 Å². The molecule has 0 fully saturated rings. The molecule has 0 saturated carbocycles. The Morgan fingerprint density at radius 1 is 1.25 bits per heavy atom. The number of anilines is 1. The van der Waals surface area contributed by atoms with Crippen molar-refractivity contribution >= 4 is 15.7 Å². The van der Waals surface area contributed by atoms with E-state index in [1.807, 2.05) is 6.07 Å². The Morgan fingerprint density at radius 3 is 2.65 bits per heavy atom. The SMILES string of the molecule is Cc1ccc(CN)cc1S(=O)(=O)Nc1cccnc1C. The number of pyridine rings is 1. The number of rotatable bonds is 4. The van der Waals surface area contributed by atoms with Crippen molar-refractivity contribution in [1.29, 1.82) is 0 Å². The molecular formula is C14H17N3O2S. The predicted octanol–water partition coefficient (Wildman–Crippen LogP) is 1.96. The van der Waals surface area contributed by atoms with Crippen molar-refractivity contribution in [1.82, 2.24) is 4.98 Å². The molecular weight excluding hydrogens is 274 g/mol. The topological polar surface area (TPSA) is 85.1 Å². The van der Waals surface area contributed by atoms with Crippen LogP contribution in [-0.2, 0) is 16.6 Å². The van der Waals surface area contributed by atoms with Crippen molar-refractivity contribution in [3.8, 4) is 0 Å². The number of hydrogen-bond donors (Lipinski definition) is 2. The summed E-state index contributed by atoms with van der Waals surface area (Å²) in [4.78, 5) is 4.31. The van der Waals surface area contributed by atoms with Crippen LogP contribution in [0.4, 0.5) is 5.69 Å². The van der Waals surface area contributed by atoms with Gasteiger partial charge in [0, 0.05) is 12.7 Å². The van der Waals surface area contributed by atoms with Crippen LogP contribution in [0.25, 0.3) is 0 Å². The Labute approximate surface area is 118 Å². The number of aryl methyl sites for hydroxylation is 2. The van der Waals surface area contributed by atoms with E-state index >= 15 is 0 Å². The molecule has 106 valence electrons. The number of nitrogens with one attached hydrogen (secondary N) is 1. The van der Waals surface area contributed by atoms with Crippen LogP contribution in [-0.4, -0.2) is 13.4 Å². The third-order valence-electron chi connectivity index (χ3n) is 3.03. The summed E-state index contributed by atoms with van der Waals surface area (Å²) in [7, 11) is -3.64. The summed E-state index contributed by atoms with van der Waals surface area (Å²) in [5, 5.41) is 0. The number of benzene rings is 1. The fourth-order valence-corrected chi connectivity index (χ4v) is 3.27. The Balaban J connectivity index is 2.43.